The summed E-state index contributed by atoms with van der Waals surface area (Å²) in [7, 11) is 0. The van der Waals surface area contributed by atoms with E-state index in [0.29, 0.717) is 12.1 Å². The average Bonchev–Trinajstić information content (AvgIpc) is 3.17. The van der Waals surface area contributed by atoms with Gasteiger partial charge in [-0.3, -0.25) is 4.79 Å². The van der Waals surface area contributed by atoms with Crippen molar-refractivity contribution in [2.75, 3.05) is 37.6 Å². The van der Waals surface area contributed by atoms with Gasteiger partial charge in [0.05, 0.1) is 5.56 Å². The normalized spacial score (nSPS) is 14.4. The van der Waals surface area contributed by atoms with E-state index in [1.807, 2.05) is 18.3 Å². The number of rotatable bonds is 6. The van der Waals surface area contributed by atoms with Gasteiger partial charge in [-0.1, -0.05) is 12.1 Å². The molecule has 3 aromatic rings. The third-order valence-corrected chi connectivity index (χ3v) is 5.32. The number of carbonyl (C=O) groups is 1. The number of amides is 1. The van der Waals surface area contributed by atoms with Crippen LogP contribution in [0, 0.1) is 0 Å². The molecular weight excluding hydrogens is 350 g/mol. The molecule has 0 spiro atoms. The summed E-state index contributed by atoms with van der Waals surface area (Å²) in [5, 5.41) is 7.38. The van der Waals surface area contributed by atoms with Crippen LogP contribution in [0.5, 0.6) is 0 Å². The highest BCUT2D eigenvalue weighted by molar-refractivity contribution is 5.96. The zero-order chi connectivity index (χ0) is 19.3. The number of aromatic nitrogens is 2. The van der Waals surface area contributed by atoms with E-state index in [2.05, 4.69) is 56.3 Å². The van der Waals surface area contributed by atoms with Crippen LogP contribution < -0.4 is 15.5 Å². The zero-order valence-electron chi connectivity index (χ0n) is 16.3. The highest BCUT2D eigenvalue weighted by atomic mass is 16.1. The van der Waals surface area contributed by atoms with Crippen LogP contribution in [0.15, 0.2) is 48.8 Å². The summed E-state index contributed by atoms with van der Waals surface area (Å²) in [5.41, 5.74) is 4.03. The second kappa shape index (κ2) is 8.44. The minimum atomic E-state index is -0.0731. The first-order valence-electron chi connectivity index (χ1n) is 10.0. The first-order valence-corrected chi connectivity index (χ1v) is 10.0. The molecule has 1 aromatic carbocycles. The fourth-order valence-electron chi connectivity index (χ4n) is 3.68. The van der Waals surface area contributed by atoms with E-state index < -0.39 is 0 Å². The minimum Gasteiger partial charge on any atom is -0.369 e. The predicted molar refractivity (Wildman–Crippen MR) is 113 cm³/mol. The predicted octanol–water partition coefficient (Wildman–Crippen LogP) is 2.44. The summed E-state index contributed by atoms with van der Waals surface area (Å²) in [6.07, 6.45) is 4.48. The van der Waals surface area contributed by atoms with Gasteiger partial charge < -0.3 is 20.1 Å². The van der Waals surface area contributed by atoms with Crippen molar-refractivity contribution in [3.8, 4) is 0 Å². The summed E-state index contributed by atoms with van der Waals surface area (Å²) in [6.45, 7) is 7.74. The van der Waals surface area contributed by atoms with Crippen molar-refractivity contribution in [2.45, 2.75) is 19.9 Å². The van der Waals surface area contributed by atoms with Crippen LogP contribution in [0.1, 0.15) is 22.8 Å². The molecule has 0 bridgehead atoms. The Morgan fingerprint density at radius 1 is 1.18 bits per heavy atom. The molecule has 3 heterocycles. The fraction of sp³-hybridized carbons (Fsp3) is 0.364. The number of piperazine rings is 1. The molecule has 28 heavy (non-hydrogen) atoms. The maximum atomic E-state index is 12.4. The number of fused-ring (bicyclic) bond motifs is 1. The van der Waals surface area contributed by atoms with Crippen molar-refractivity contribution in [1.82, 2.24) is 20.2 Å². The van der Waals surface area contributed by atoms with E-state index in [1.165, 1.54) is 11.3 Å². The second-order valence-electron chi connectivity index (χ2n) is 7.15. The molecule has 146 valence electrons. The Labute approximate surface area is 165 Å². The molecule has 0 saturated carbocycles. The standard InChI is InChI=1S/C22H27N5O/c1-2-26-12-8-18-15-19(16-25-21(18)26)22(28)24-9-7-17-3-5-20(6-4-17)27-13-10-23-11-14-27/h3-6,8,12,15-16,23H,2,7,9-11,13-14H2,1H3,(H,24,28). The van der Waals surface area contributed by atoms with Gasteiger partial charge in [-0.2, -0.15) is 0 Å². The second-order valence-corrected chi connectivity index (χ2v) is 7.15. The van der Waals surface area contributed by atoms with E-state index in [4.69, 9.17) is 0 Å². The number of nitrogens with one attached hydrogen (secondary N) is 2. The zero-order valence-corrected chi connectivity index (χ0v) is 16.3. The van der Waals surface area contributed by atoms with Crippen LogP contribution >= 0.6 is 0 Å². The number of aryl methyl sites for hydroxylation is 1. The molecule has 0 unspecified atom stereocenters. The van der Waals surface area contributed by atoms with Gasteiger partial charge >= 0.3 is 0 Å². The molecule has 2 N–H and O–H groups in total. The van der Waals surface area contributed by atoms with Gasteiger partial charge in [0.15, 0.2) is 0 Å². The fourth-order valence-corrected chi connectivity index (χ4v) is 3.68. The van der Waals surface area contributed by atoms with Crippen molar-refractivity contribution in [2.24, 2.45) is 0 Å². The number of pyridine rings is 1. The quantitative estimate of drug-likeness (QED) is 0.693. The third-order valence-electron chi connectivity index (χ3n) is 5.32. The van der Waals surface area contributed by atoms with Crippen LogP contribution in [-0.4, -0.2) is 48.2 Å². The van der Waals surface area contributed by atoms with Gasteiger partial charge in [-0.05, 0) is 43.2 Å². The summed E-state index contributed by atoms with van der Waals surface area (Å²) < 4.78 is 2.07. The molecule has 2 aromatic heterocycles. The van der Waals surface area contributed by atoms with Crippen molar-refractivity contribution >= 4 is 22.6 Å². The van der Waals surface area contributed by atoms with Crippen LogP contribution in [0.25, 0.3) is 11.0 Å². The van der Waals surface area contributed by atoms with E-state index in [0.717, 1.165) is 50.2 Å². The highest BCUT2D eigenvalue weighted by Gasteiger charge is 2.11. The lowest BCUT2D eigenvalue weighted by atomic mass is 10.1. The Morgan fingerprint density at radius 2 is 1.96 bits per heavy atom. The van der Waals surface area contributed by atoms with Crippen molar-refractivity contribution in [3.05, 3.63) is 59.9 Å². The van der Waals surface area contributed by atoms with Crippen LogP contribution in [-0.2, 0) is 13.0 Å². The lowest BCUT2D eigenvalue weighted by Gasteiger charge is -2.29. The summed E-state index contributed by atoms with van der Waals surface area (Å²) in [4.78, 5) is 19.3. The molecular formula is C22H27N5O. The first-order chi connectivity index (χ1) is 13.7. The van der Waals surface area contributed by atoms with Crippen molar-refractivity contribution in [1.29, 1.82) is 0 Å². The number of anilines is 1. The Bertz CT molecular complexity index is 941. The number of carbonyl (C=O) groups excluding carboxylic acids is 1. The van der Waals surface area contributed by atoms with Crippen molar-refractivity contribution in [3.63, 3.8) is 0 Å². The van der Waals surface area contributed by atoms with Crippen LogP contribution in [0.4, 0.5) is 5.69 Å². The summed E-state index contributed by atoms with van der Waals surface area (Å²) >= 11 is 0. The first kappa shape index (κ1) is 18.5. The molecule has 0 atom stereocenters. The average molecular weight is 377 g/mol. The van der Waals surface area contributed by atoms with Gasteiger partial charge in [0.1, 0.15) is 5.65 Å². The van der Waals surface area contributed by atoms with Gasteiger partial charge in [-0.25, -0.2) is 4.98 Å². The lowest BCUT2D eigenvalue weighted by Crippen LogP contribution is -2.43. The molecule has 1 aliphatic rings. The van der Waals surface area contributed by atoms with Crippen LogP contribution in [0.3, 0.4) is 0 Å². The molecule has 1 amide bonds. The van der Waals surface area contributed by atoms with E-state index in [9.17, 15) is 4.79 Å². The van der Waals surface area contributed by atoms with Gasteiger partial charge in [0.25, 0.3) is 5.91 Å². The Hall–Kier alpha value is -2.86. The SMILES string of the molecule is CCn1ccc2cc(C(=O)NCCc3ccc(N4CCNCC4)cc3)cnc21. The monoisotopic (exact) mass is 377 g/mol. The molecule has 1 aliphatic heterocycles. The molecule has 6 heteroatoms. The van der Waals surface area contributed by atoms with Gasteiger partial charge in [0, 0.05) is 62.7 Å². The van der Waals surface area contributed by atoms with Crippen LogP contribution in [0.2, 0.25) is 0 Å². The number of benzene rings is 1. The number of hydrogen-bond donors (Lipinski definition) is 2. The molecule has 1 fully saturated rings. The van der Waals surface area contributed by atoms with E-state index in [-0.39, 0.29) is 5.91 Å². The Kier molecular flexibility index (Phi) is 5.58. The molecule has 0 radical (unpaired) electrons. The largest absolute Gasteiger partial charge is 0.369 e. The maximum absolute atomic E-state index is 12.4. The summed E-state index contributed by atoms with van der Waals surface area (Å²) in [6, 6.07) is 12.6. The van der Waals surface area contributed by atoms with Crippen molar-refractivity contribution < 1.29 is 4.79 Å². The Morgan fingerprint density at radius 3 is 2.71 bits per heavy atom. The minimum absolute atomic E-state index is 0.0731. The molecule has 0 aliphatic carbocycles. The number of hydrogen-bond acceptors (Lipinski definition) is 4. The third kappa shape index (κ3) is 4.02. The van der Waals surface area contributed by atoms with E-state index in [1.54, 1.807) is 6.20 Å². The molecule has 6 nitrogen and oxygen atoms in total. The van der Waals surface area contributed by atoms with Gasteiger partial charge in [-0.15, -0.1) is 0 Å². The maximum Gasteiger partial charge on any atom is 0.252 e. The van der Waals surface area contributed by atoms with E-state index >= 15 is 0 Å². The van der Waals surface area contributed by atoms with Gasteiger partial charge in [0.2, 0.25) is 0 Å². The topological polar surface area (TPSA) is 62.2 Å². The molecule has 1 saturated heterocycles. The number of nitrogens with zero attached hydrogens (tertiary/aromatic N) is 3. The lowest BCUT2D eigenvalue weighted by molar-refractivity contribution is 0.0954. The smallest absolute Gasteiger partial charge is 0.252 e. The molecule has 4 rings (SSSR count). The Balaban J connectivity index is 1.31. The highest BCUT2D eigenvalue weighted by Crippen LogP contribution is 2.17. The summed E-state index contributed by atoms with van der Waals surface area (Å²) in [5.74, 6) is -0.0731.